The number of rotatable bonds is 7. The largest absolute Gasteiger partial charge is 0.424 e. The number of hydrogen-bond donors (Lipinski definition) is 0. The first-order chi connectivity index (χ1) is 12.0. The van der Waals surface area contributed by atoms with Crippen LogP contribution in [0.2, 0.25) is 0 Å². The highest BCUT2D eigenvalue weighted by Gasteiger charge is 2.33. The molecular weight excluding hydrogens is 323 g/mol. The van der Waals surface area contributed by atoms with Crippen LogP contribution in [0.15, 0.2) is 22.9 Å². The minimum absolute atomic E-state index is 0.122. The second kappa shape index (κ2) is 7.97. The molecule has 1 saturated heterocycles. The molecule has 1 aliphatic rings. The molecule has 1 aliphatic heterocycles. The topological polar surface area (TPSA) is 71.2 Å². The van der Waals surface area contributed by atoms with Crippen LogP contribution < -0.4 is 0 Å². The highest BCUT2D eigenvalue weighted by molar-refractivity contribution is 4.94. The van der Waals surface area contributed by atoms with Gasteiger partial charge in [-0.15, -0.1) is 10.2 Å². The fraction of sp³-hybridized carbons (Fsp3) is 0.647. The monoisotopic (exact) mass is 348 g/mol. The molecule has 3 heterocycles. The van der Waals surface area contributed by atoms with E-state index in [4.69, 9.17) is 4.42 Å². The van der Waals surface area contributed by atoms with E-state index in [0.29, 0.717) is 37.8 Å². The average molecular weight is 348 g/mol. The Kier molecular flexibility index (Phi) is 5.70. The first kappa shape index (κ1) is 17.9. The number of aromatic nitrogens is 4. The number of likely N-dealkylation sites (N-methyl/N-ethyl adjacent to an activating group) is 1. The zero-order valence-corrected chi connectivity index (χ0v) is 15.0. The summed E-state index contributed by atoms with van der Waals surface area (Å²) in [4.78, 5) is 12.7. The lowest BCUT2D eigenvalue weighted by Crippen LogP contribution is -2.38. The first-order valence-electron chi connectivity index (χ1n) is 8.66. The lowest BCUT2D eigenvalue weighted by molar-refractivity contribution is 0.170. The molecule has 2 aromatic heterocycles. The third-order valence-corrected chi connectivity index (χ3v) is 4.34. The van der Waals surface area contributed by atoms with Crippen LogP contribution in [-0.2, 0) is 13.1 Å². The maximum absolute atomic E-state index is 14.0. The molecule has 0 N–H and O–H groups in total. The molecule has 1 fully saturated rings. The van der Waals surface area contributed by atoms with Gasteiger partial charge in [-0.2, -0.15) is 0 Å². The van der Waals surface area contributed by atoms with Crippen LogP contribution in [0.4, 0.5) is 4.39 Å². The molecule has 0 bridgehead atoms. The van der Waals surface area contributed by atoms with Crippen molar-refractivity contribution in [3.63, 3.8) is 0 Å². The second-order valence-electron chi connectivity index (χ2n) is 6.97. The summed E-state index contributed by atoms with van der Waals surface area (Å²) < 4.78 is 19.6. The van der Waals surface area contributed by atoms with Crippen molar-refractivity contribution in [2.75, 3.05) is 20.1 Å². The van der Waals surface area contributed by atoms with Crippen LogP contribution in [-0.4, -0.2) is 62.3 Å². The lowest BCUT2D eigenvalue weighted by Gasteiger charge is -2.27. The van der Waals surface area contributed by atoms with E-state index >= 15 is 0 Å². The van der Waals surface area contributed by atoms with Gasteiger partial charge in [-0.3, -0.25) is 9.80 Å². The van der Waals surface area contributed by atoms with Gasteiger partial charge in [0.25, 0.3) is 0 Å². The van der Waals surface area contributed by atoms with E-state index in [9.17, 15) is 4.39 Å². The fourth-order valence-electron chi connectivity index (χ4n) is 3.12. The first-order valence-corrected chi connectivity index (χ1v) is 8.66. The van der Waals surface area contributed by atoms with Crippen molar-refractivity contribution in [2.45, 2.75) is 51.5 Å². The Balaban J connectivity index is 1.57. The molecule has 25 heavy (non-hydrogen) atoms. The Labute approximate surface area is 147 Å². The molecule has 3 rings (SSSR count). The number of halogens is 1. The molecule has 136 valence electrons. The van der Waals surface area contributed by atoms with Gasteiger partial charge in [-0.25, -0.2) is 14.4 Å². The molecule has 7 nitrogen and oxygen atoms in total. The number of hydrogen-bond acceptors (Lipinski definition) is 7. The van der Waals surface area contributed by atoms with Crippen molar-refractivity contribution in [3.05, 3.63) is 36.1 Å². The number of likely N-dealkylation sites (tertiary alicyclic amines) is 1. The van der Waals surface area contributed by atoms with Crippen molar-refractivity contribution < 1.29 is 8.81 Å². The Hall–Kier alpha value is -1.93. The smallest absolute Gasteiger partial charge is 0.230 e. The molecule has 0 saturated carbocycles. The van der Waals surface area contributed by atoms with Crippen molar-refractivity contribution in [1.82, 2.24) is 30.0 Å². The summed E-state index contributed by atoms with van der Waals surface area (Å²) in [6, 6.07) is 1.91. The zero-order chi connectivity index (χ0) is 17.8. The minimum atomic E-state index is -0.807. The molecule has 0 amide bonds. The predicted octanol–water partition coefficient (Wildman–Crippen LogP) is 2.03. The fourth-order valence-corrected chi connectivity index (χ4v) is 3.12. The van der Waals surface area contributed by atoms with Gasteiger partial charge in [0.15, 0.2) is 0 Å². The number of nitrogens with zero attached hydrogens (tertiary/aromatic N) is 6. The summed E-state index contributed by atoms with van der Waals surface area (Å²) in [6.45, 7) is 6.32. The highest BCUT2D eigenvalue weighted by Crippen LogP contribution is 2.23. The average Bonchev–Trinajstić information content (AvgIpc) is 3.15. The van der Waals surface area contributed by atoms with Crippen LogP contribution >= 0.6 is 0 Å². The maximum Gasteiger partial charge on any atom is 0.230 e. The van der Waals surface area contributed by atoms with E-state index in [1.807, 2.05) is 20.9 Å². The van der Waals surface area contributed by atoms with Crippen LogP contribution in [0.3, 0.4) is 0 Å². The van der Waals surface area contributed by atoms with Crippen LogP contribution in [0.5, 0.6) is 0 Å². The molecule has 0 aromatic carbocycles. The van der Waals surface area contributed by atoms with E-state index in [1.54, 1.807) is 18.5 Å². The molecule has 8 heteroatoms. The van der Waals surface area contributed by atoms with Gasteiger partial charge in [0, 0.05) is 37.4 Å². The quantitative estimate of drug-likeness (QED) is 0.758. The standard InChI is InChI=1S/C17H25FN6O/c1-12(2)17-22-21-16(25-17)11-23(3)9-14-7-13(18)8-24(14)10-15-19-5-4-6-20-15/h4-6,12-14H,7-11H2,1-3H3/t13-,14-/m0/s1. The lowest BCUT2D eigenvalue weighted by atomic mass is 10.2. The van der Waals surface area contributed by atoms with Crippen LogP contribution in [0, 0.1) is 0 Å². The van der Waals surface area contributed by atoms with Gasteiger partial charge in [0.05, 0.1) is 13.1 Å². The normalized spacial score (nSPS) is 21.5. The van der Waals surface area contributed by atoms with E-state index in [-0.39, 0.29) is 12.0 Å². The van der Waals surface area contributed by atoms with Crippen molar-refractivity contribution in [1.29, 1.82) is 0 Å². The van der Waals surface area contributed by atoms with Crippen molar-refractivity contribution in [2.24, 2.45) is 0 Å². The molecule has 0 spiro atoms. The zero-order valence-electron chi connectivity index (χ0n) is 15.0. The molecule has 2 aromatic rings. The second-order valence-corrected chi connectivity index (χ2v) is 6.97. The molecule has 0 radical (unpaired) electrons. The Morgan fingerprint density at radius 2 is 2.08 bits per heavy atom. The van der Waals surface area contributed by atoms with Crippen LogP contribution in [0.25, 0.3) is 0 Å². The van der Waals surface area contributed by atoms with Gasteiger partial charge >= 0.3 is 0 Å². The van der Waals surface area contributed by atoms with Gasteiger partial charge < -0.3 is 4.42 Å². The molecule has 2 atom stereocenters. The summed E-state index contributed by atoms with van der Waals surface area (Å²) in [5.74, 6) is 2.19. The Morgan fingerprint density at radius 3 is 2.76 bits per heavy atom. The molecule has 0 aliphatic carbocycles. The van der Waals surface area contributed by atoms with Gasteiger partial charge in [-0.05, 0) is 19.5 Å². The van der Waals surface area contributed by atoms with E-state index in [2.05, 4.69) is 30.0 Å². The highest BCUT2D eigenvalue weighted by atomic mass is 19.1. The molecular formula is C17H25FN6O. The third kappa shape index (κ3) is 4.79. The maximum atomic E-state index is 14.0. The Morgan fingerprint density at radius 1 is 1.32 bits per heavy atom. The number of alkyl halides is 1. The molecule has 0 unspecified atom stereocenters. The van der Waals surface area contributed by atoms with Crippen molar-refractivity contribution >= 4 is 0 Å². The van der Waals surface area contributed by atoms with E-state index < -0.39 is 6.17 Å². The van der Waals surface area contributed by atoms with E-state index in [0.717, 1.165) is 12.4 Å². The predicted molar refractivity (Wildman–Crippen MR) is 90.5 cm³/mol. The van der Waals surface area contributed by atoms with Gasteiger partial charge in [0.2, 0.25) is 11.8 Å². The third-order valence-electron chi connectivity index (χ3n) is 4.34. The van der Waals surface area contributed by atoms with Gasteiger partial charge in [0.1, 0.15) is 12.0 Å². The summed E-state index contributed by atoms with van der Waals surface area (Å²) in [6.07, 6.45) is 3.15. The minimum Gasteiger partial charge on any atom is -0.424 e. The van der Waals surface area contributed by atoms with Crippen LogP contribution in [0.1, 0.15) is 43.8 Å². The Bertz CT molecular complexity index is 664. The van der Waals surface area contributed by atoms with Crippen molar-refractivity contribution in [3.8, 4) is 0 Å². The summed E-state index contributed by atoms with van der Waals surface area (Å²) in [7, 11) is 1.99. The summed E-state index contributed by atoms with van der Waals surface area (Å²) >= 11 is 0. The van der Waals surface area contributed by atoms with Gasteiger partial charge in [-0.1, -0.05) is 13.8 Å². The summed E-state index contributed by atoms with van der Waals surface area (Å²) in [5.41, 5.74) is 0. The van der Waals surface area contributed by atoms with E-state index in [1.165, 1.54) is 0 Å². The summed E-state index contributed by atoms with van der Waals surface area (Å²) in [5, 5.41) is 8.14. The SMILES string of the molecule is CC(C)c1nnc(CN(C)C[C@@H]2C[C@H](F)CN2Cc2ncccn2)o1.